The van der Waals surface area contributed by atoms with E-state index in [9.17, 15) is 14.4 Å². The maximum Gasteiger partial charge on any atom is 0.306 e. The molecule has 0 fully saturated rings. The van der Waals surface area contributed by atoms with E-state index in [1.165, 1.54) is 38.5 Å². The van der Waals surface area contributed by atoms with Crippen LogP contribution in [-0.2, 0) is 28.6 Å². The first-order valence-corrected chi connectivity index (χ1v) is 28.2. The summed E-state index contributed by atoms with van der Waals surface area (Å²) in [5, 5.41) is 0. The smallest absolute Gasteiger partial charge is 0.306 e. The van der Waals surface area contributed by atoms with Crippen molar-refractivity contribution >= 4 is 17.9 Å². The number of ether oxygens (including phenoxy) is 3. The van der Waals surface area contributed by atoms with Gasteiger partial charge in [0.25, 0.3) is 0 Å². The molecule has 70 heavy (non-hydrogen) atoms. The van der Waals surface area contributed by atoms with Crippen molar-refractivity contribution < 1.29 is 28.6 Å². The van der Waals surface area contributed by atoms with Crippen molar-refractivity contribution in [2.24, 2.45) is 0 Å². The summed E-state index contributed by atoms with van der Waals surface area (Å²) in [5.74, 6) is -0.961. The highest BCUT2D eigenvalue weighted by molar-refractivity contribution is 5.71. The number of esters is 3. The maximum absolute atomic E-state index is 12.8. The van der Waals surface area contributed by atoms with Gasteiger partial charge in [0.05, 0.1) is 0 Å². The van der Waals surface area contributed by atoms with Crippen LogP contribution in [0.25, 0.3) is 0 Å². The van der Waals surface area contributed by atoms with E-state index < -0.39 is 6.10 Å². The Hall–Kier alpha value is -4.45. The van der Waals surface area contributed by atoms with E-state index in [2.05, 4.69) is 154 Å². The van der Waals surface area contributed by atoms with Gasteiger partial charge in [0, 0.05) is 19.3 Å². The van der Waals surface area contributed by atoms with Gasteiger partial charge in [-0.1, -0.05) is 219 Å². The third-order valence-corrected chi connectivity index (χ3v) is 11.4. The summed E-state index contributed by atoms with van der Waals surface area (Å²) in [6.45, 7) is 6.29. The standard InChI is InChI=1S/C64H102O6/c1-4-7-10-13-16-19-22-24-25-26-27-28-29-30-31-32-33-34-35-36-37-38-39-41-42-45-48-51-54-57-63(66)69-60-61(59-68-62(65)56-53-50-47-44-21-18-15-12-9-6-3)70-64(67)58-55-52-49-46-43-40-23-20-17-14-11-8-5-2/h7-8,10-12,15-17,19-20,24-25,27-28,30-31,33-34,36-37,40,43,61H,4-6,9,13-14,18,21-23,26,29,32,35,38-39,41-42,44-60H2,1-3H3/b10-7-,11-8-,15-12-,19-16-,20-17-,25-24-,28-27-,31-30-,34-33-,37-36-,43-40-. The normalized spacial score (nSPS) is 13.1. The Labute approximate surface area is 430 Å². The zero-order chi connectivity index (χ0) is 50.7. The first kappa shape index (κ1) is 65.5. The number of allylic oxidation sites excluding steroid dienone is 22. The van der Waals surface area contributed by atoms with Crippen molar-refractivity contribution in [3.05, 3.63) is 134 Å². The van der Waals surface area contributed by atoms with Crippen molar-refractivity contribution in [3.63, 3.8) is 0 Å². The zero-order valence-electron chi connectivity index (χ0n) is 45.0. The quantitative estimate of drug-likeness (QED) is 0.0262. The molecule has 0 aromatic carbocycles. The molecule has 0 radical (unpaired) electrons. The first-order chi connectivity index (χ1) is 34.5. The van der Waals surface area contributed by atoms with Crippen molar-refractivity contribution in [1.29, 1.82) is 0 Å². The van der Waals surface area contributed by atoms with E-state index in [1.54, 1.807) is 0 Å². The van der Waals surface area contributed by atoms with E-state index in [4.69, 9.17) is 14.2 Å². The third kappa shape index (κ3) is 54.5. The summed E-state index contributed by atoms with van der Waals surface area (Å²) in [5.41, 5.74) is 0. The molecule has 1 unspecified atom stereocenters. The van der Waals surface area contributed by atoms with Crippen LogP contribution >= 0.6 is 0 Å². The molecule has 0 aromatic rings. The summed E-state index contributed by atoms with van der Waals surface area (Å²) in [7, 11) is 0. The summed E-state index contributed by atoms with van der Waals surface area (Å²) in [4.78, 5) is 38.0. The molecule has 0 bridgehead atoms. The monoisotopic (exact) mass is 967 g/mol. The van der Waals surface area contributed by atoms with Crippen LogP contribution in [0.1, 0.15) is 233 Å². The number of carbonyl (C=O) groups excluding carboxylic acids is 3. The minimum absolute atomic E-state index is 0.102. The zero-order valence-corrected chi connectivity index (χ0v) is 45.0. The van der Waals surface area contributed by atoms with Crippen LogP contribution in [-0.4, -0.2) is 37.2 Å². The fourth-order valence-corrected chi connectivity index (χ4v) is 7.20. The molecule has 0 N–H and O–H groups in total. The SMILES string of the molecule is CC/C=C\C/C=C\C/C=C\C/C=C\C/C=C\C/C=C\C/C=C\CCCCCCCCCC(=O)OCC(COC(=O)CCCCCCC/C=C\CCC)OC(=O)CCCCC/C=C\C/C=C\C/C=C\CC. The lowest BCUT2D eigenvalue weighted by molar-refractivity contribution is -0.167. The highest BCUT2D eigenvalue weighted by Crippen LogP contribution is 2.13. The Balaban J connectivity index is 4.29. The number of rotatable bonds is 49. The summed E-state index contributed by atoms with van der Waals surface area (Å²) < 4.78 is 16.8. The number of hydrogen-bond donors (Lipinski definition) is 0. The van der Waals surface area contributed by atoms with Gasteiger partial charge in [0.1, 0.15) is 13.2 Å². The van der Waals surface area contributed by atoms with Gasteiger partial charge in [-0.2, -0.15) is 0 Å². The molecule has 0 saturated heterocycles. The molecule has 6 heteroatoms. The average molecular weight is 968 g/mol. The third-order valence-electron chi connectivity index (χ3n) is 11.4. The molecule has 0 rings (SSSR count). The molecular formula is C64H102O6. The molecule has 0 heterocycles. The molecule has 6 nitrogen and oxygen atoms in total. The second kappa shape index (κ2) is 57.1. The van der Waals surface area contributed by atoms with E-state index in [1.807, 2.05) is 0 Å². The maximum atomic E-state index is 12.8. The molecule has 0 aliphatic carbocycles. The molecule has 0 aliphatic heterocycles. The summed E-state index contributed by atoms with van der Waals surface area (Å²) >= 11 is 0. The van der Waals surface area contributed by atoms with Gasteiger partial charge < -0.3 is 14.2 Å². The van der Waals surface area contributed by atoms with Crippen molar-refractivity contribution in [2.45, 2.75) is 239 Å². The summed E-state index contributed by atoms with van der Waals surface area (Å²) in [6.07, 6.45) is 80.3. The number of unbranched alkanes of at least 4 members (excludes halogenated alkanes) is 16. The first-order valence-electron chi connectivity index (χ1n) is 28.2. The Bertz CT molecular complexity index is 1530. The Kier molecular flexibility index (Phi) is 53.5. The van der Waals surface area contributed by atoms with E-state index in [0.717, 1.165) is 154 Å². The van der Waals surface area contributed by atoms with Gasteiger partial charge in [0.2, 0.25) is 0 Å². The fraction of sp³-hybridized carbons (Fsp3) is 0.609. The van der Waals surface area contributed by atoms with Gasteiger partial charge in [-0.3, -0.25) is 14.4 Å². The van der Waals surface area contributed by atoms with E-state index in [0.29, 0.717) is 12.8 Å². The Morgan fingerprint density at radius 3 is 0.900 bits per heavy atom. The van der Waals surface area contributed by atoms with Crippen molar-refractivity contribution in [1.82, 2.24) is 0 Å². The van der Waals surface area contributed by atoms with Crippen LogP contribution in [0.5, 0.6) is 0 Å². The molecular weight excluding hydrogens is 865 g/mol. The van der Waals surface area contributed by atoms with Gasteiger partial charge >= 0.3 is 17.9 Å². The lowest BCUT2D eigenvalue weighted by Crippen LogP contribution is -2.30. The minimum atomic E-state index is -0.805. The molecule has 0 amide bonds. The minimum Gasteiger partial charge on any atom is -0.462 e. The van der Waals surface area contributed by atoms with Crippen molar-refractivity contribution in [2.75, 3.05) is 13.2 Å². The highest BCUT2D eigenvalue weighted by atomic mass is 16.6. The predicted octanol–water partition coefficient (Wildman–Crippen LogP) is 19.0. The Morgan fingerprint density at radius 1 is 0.300 bits per heavy atom. The largest absolute Gasteiger partial charge is 0.462 e. The molecule has 0 aliphatic rings. The average Bonchev–Trinajstić information content (AvgIpc) is 3.36. The van der Waals surface area contributed by atoms with Gasteiger partial charge in [-0.15, -0.1) is 0 Å². The molecule has 394 valence electrons. The van der Waals surface area contributed by atoms with Crippen LogP contribution < -0.4 is 0 Å². The van der Waals surface area contributed by atoms with Crippen molar-refractivity contribution in [3.8, 4) is 0 Å². The number of carbonyl (C=O) groups is 3. The van der Waals surface area contributed by atoms with E-state index >= 15 is 0 Å². The lowest BCUT2D eigenvalue weighted by atomic mass is 10.1. The summed E-state index contributed by atoms with van der Waals surface area (Å²) in [6, 6.07) is 0. The van der Waals surface area contributed by atoms with Gasteiger partial charge in [0.15, 0.2) is 6.10 Å². The van der Waals surface area contributed by atoms with Crippen LogP contribution in [0.15, 0.2) is 134 Å². The fourth-order valence-electron chi connectivity index (χ4n) is 7.20. The molecule has 0 aromatic heterocycles. The number of hydrogen-bond acceptors (Lipinski definition) is 6. The molecule has 0 saturated carbocycles. The lowest BCUT2D eigenvalue weighted by Gasteiger charge is -2.18. The van der Waals surface area contributed by atoms with Crippen LogP contribution in [0.4, 0.5) is 0 Å². The van der Waals surface area contributed by atoms with Crippen LogP contribution in [0.2, 0.25) is 0 Å². The highest BCUT2D eigenvalue weighted by Gasteiger charge is 2.19. The van der Waals surface area contributed by atoms with E-state index in [-0.39, 0.29) is 37.5 Å². The van der Waals surface area contributed by atoms with Gasteiger partial charge in [-0.25, -0.2) is 0 Å². The Morgan fingerprint density at radius 2 is 0.557 bits per heavy atom. The molecule has 0 spiro atoms. The predicted molar refractivity (Wildman–Crippen MR) is 302 cm³/mol. The van der Waals surface area contributed by atoms with Crippen LogP contribution in [0, 0.1) is 0 Å². The second-order valence-corrected chi connectivity index (χ2v) is 18.1. The van der Waals surface area contributed by atoms with Crippen LogP contribution in [0.3, 0.4) is 0 Å². The second-order valence-electron chi connectivity index (χ2n) is 18.1. The topological polar surface area (TPSA) is 78.9 Å². The van der Waals surface area contributed by atoms with Gasteiger partial charge in [-0.05, 0) is 128 Å². The molecule has 1 atom stereocenters.